The molecule has 0 radical (unpaired) electrons. The first kappa shape index (κ1) is 10.5. The third-order valence-corrected chi connectivity index (χ3v) is 2.67. The molecule has 0 aliphatic carbocycles. The minimum Gasteiger partial charge on any atom is -0.231 e. The molecular weight excluding hydrogens is 208 g/mol. The largest absolute Gasteiger partial charge is 0.231 e. The van der Waals surface area contributed by atoms with Crippen LogP contribution in [-0.4, -0.2) is 30.9 Å². The molecule has 0 aliphatic heterocycles. The van der Waals surface area contributed by atoms with E-state index >= 15 is 0 Å². The summed E-state index contributed by atoms with van der Waals surface area (Å²) in [6.45, 7) is 0. The van der Waals surface area contributed by atoms with E-state index in [1.165, 1.54) is 18.0 Å². The van der Waals surface area contributed by atoms with E-state index in [0.717, 1.165) is 0 Å². The van der Waals surface area contributed by atoms with Crippen molar-refractivity contribution in [2.24, 2.45) is 0 Å². The quantitative estimate of drug-likeness (QED) is 0.553. The van der Waals surface area contributed by atoms with E-state index in [-0.39, 0.29) is 5.75 Å². The lowest BCUT2D eigenvalue weighted by atomic mass is 10.5. The molecule has 0 unspecified atom stereocenters. The monoisotopic (exact) mass is 218 g/mol. The van der Waals surface area contributed by atoms with Crippen molar-refractivity contribution in [1.29, 1.82) is 0 Å². The van der Waals surface area contributed by atoms with Crippen LogP contribution in [0.2, 0.25) is 0 Å². The zero-order chi connectivity index (χ0) is 9.90. The second kappa shape index (κ2) is 4.06. The molecule has 0 bridgehead atoms. The highest BCUT2D eigenvalue weighted by Gasteiger charge is 2.06. The van der Waals surface area contributed by atoms with Gasteiger partial charge in [-0.05, 0) is 12.3 Å². The van der Waals surface area contributed by atoms with Crippen LogP contribution in [0.15, 0.2) is 17.4 Å². The highest BCUT2D eigenvalue weighted by molar-refractivity contribution is 7.98. The predicted molar refractivity (Wildman–Crippen MR) is 52.4 cm³/mol. The minimum absolute atomic E-state index is 0.0247. The molecule has 0 N–H and O–H groups in total. The van der Waals surface area contributed by atoms with Crippen molar-refractivity contribution in [2.45, 2.75) is 10.9 Å². The summed E-state index contributed by atoms with van der Waals surface area (Å²) in [5.41, 5.74) is 0.543. The zero-order valence-electron chi connectivity index (χ0n) is 7.39. The van der Waals surface area contributed by atoms with Crippen molar-refractivity contribution in [3.05, 3.63) is 18.0 Å². The van der Waals surface area contributed by atoms with Crippen LogP contribution >= 0.6 is 11.8 Å². The smallest absolute Gasteiger partial charge is 0.187 e. The Bertz CT molecular complexity index is 389. The van der Waals surface area contributed by atoms with Crippen LogP contribution in [0.3, 0.4) is 0 Å². The van der Waals surface area contributed by atoms with Crippen LogP contribution in [-0.2, 0) is 15.6 Å². The number of hydrogen-bond donors (Lipinski definition) is 0. The Balaban J connectivity index is 2.90. The molecule has 0 saturated heterocycles. The summed E-state index contributed by atoms with van der Waals surface area (Å²) in [6, 6.07) is 1.61. The van der Waals surface area contributed by atoms with Gasteiger partial charge < -0.3 is 0 Å². The van der Waals surface area contributed by atoms with Crippen LogP contribution in [0, 0.1) is 0 Å². The van der Waals surface area contributed by atoms with Gasteiger partial charge in [0.2, 0.25) is 0 Å². The van der Waals surface area contributed by atoms with Crippen molar-refractivity contribution >= 4 is 21.6 Å². The topological polar surface area (TPSA) is 59.9 Å². The summed E-state index contributed by atoms with van der Waals surface area (Å²) in [4.78, 5) is 7.99. The van der Waals surface area contributed by atoms with Crippen molar-refractivity contribution in [1.82, 2.24) is 9.97 Å². The number of hydrogen-bond acceptors (Lipinski definition) is 5. The molecule has 0 amide bonds. The van der Waals surface area contributed by atoms with Gasteiger partial charge in [-0.3, -0.25) is 0 Å². The second-order valence-electron chi connectivity index (χ2n) is 2.60. The Morgan fingerprint density at radius 3 is 2.77 bits per heavy atom. The summed E-state index contributed by atoms with van der Waals surface area (Å²) in [6.07, 6.45) is 4.60. The van der Waals surface area contributed by atoms with Gasteiger partial charge in [-0.15, -0.1) is 0 Å². The summed E-state index contributed by atoms with van der Waals surface area (Å²) < 4.78 is 21.9. The summed E-state index contributed by atoms with van der Waals surface area (Å²) in [5.74, 6) is -0.0247. The predicted octanol–water partition coefficient (Wildman–Crippen LogP) is 0.743. The van der Waals surface area contributed by atoms with Crippen LogP contribution < -0.4 is 0 Å². The first-order chi connectivity index (χ1) is 6.01. The lowest BCUT2D eigenvalue weighted by Crippen LogP contribution is -2.03. The van der Waals surface area contributed by atoms with Gasteiger partial charge >= 0.3 is 0 Å². The van der Waals surface area contributed by atoms with Gasteiger partial charge in [0, 0.05) is 12.5 Å². The minimum atomic E-state index is -3.00. The molecule has 0 saturated carbocycles. The molecule has 0 aromatic carbocycles. The Morgan fingerprint density at radius 2 is 2.23 bits per heavy atom. The fourth-order valence-electron chi connectivity index (χ4n) is 0.823. The number of aromatic nitrogens is 2. The van der Waals surface area contributed by atoms with E-state index in [0.29, 0.717) is 10.9 Å². The summed E-state index contributed by atoms with van der Waals surface area (Å²) >= 11 is 1.39. The molecule has 0 fully saturated rings. The van der Waals surface area contributed by atoms with Gasteiger partial charge in [-0.1, -0.05) is 11.8 Å². The van der Waals surface area contributed by atoms with Crippen molar-refractivity contribution < 1.29 is 8.42 Å². The van der Waals surface area contributed by atoms with Gasteiger partial charge in [0.1, 0.15) is 0 Å². The average molecular weight is 218 g/mol. The fraction of sp³-hybridized carbons (Fsp3) is 0.429. The van der Waals surface area contributed by atoms with Crippen LogP contribution in [0.25, 0.3) is 0 Å². The molecular formula is C7H10N2O2S2. The van der Waals surface area contributed by atoms with Crippen LogP contribution in [0.5, 0.6) is 0 Å². The van der Waals surface area contributed by atoms with Crippen LogP contribution in [0.4, 0.5) is 0 Å². The number of sulfone groups is 1. The molecule has 13 heavy (non-hydrogen) atoms. The average Bonchev–Trinajstić information content (AvgIpc) is 2.01. The first-order valence-electron chi connectivity index (χ1n) is 3.55. The third kappa shape index (κ3) is 3.73. The maximum atomic E-state index is 10.9. The molecule has 1 aromatic rings. The number of thioether (sulfide) groups is 1. The van der Waals surface area contributed by atoms with E-state index in [2.05, 4.69) is 9.97 Å². The van der Waals surface area contributed by atoms with E-state index in [1.54, 1.807) is 12.3 Å². The van der Waals surface area contributed by atoms with Crippen molar-refractivity contribution in [3.63, 3.8) is 0 Å². The second-order valence-corrected chi connectivity index (χ2v) is 5.52. The maximum absolute atomic E-state index is 10.9. The van der Waals surface area contributed by atoms with E-state index < -0.39 is 9.84 Å². The number of rotatable bonds is 3. The highest BCUT2D eigenvalue weighted by atomic mass is 32.2. The highest BCUT2D eigenvalue weighted by Crippen LogP contribution is 2.09. The van der Waals surface area contributed by atoms with E-state index in [9.17, 15) is 8.42 Å². The molecule has 1 heterocycles. The Kier molecular flexibility index (Phi) is 3.27. The summed E-state index contributed by atoms with van der Waals surface area (Å²) in [5, 5.41) is 0.598. The molecule has 0 atom stereocenters. The number of nitrogens with zero attached hydrogens (tertiary/aromatic N) is 2. The molecule has 1 rings (SSSR count). The Labute approximate surface area is 81.7 Å². The standard InChI is InChI=1S/C7H10N2O2S2/c1-12-7-8-4-3-6(9-7)5-13(2,10)11/h3-4H,5H2,1-2H3. The lowest BCUT2D eigenvalue weighted by molar-refractivity contribution is 0.600. The molecule has 0 aliphatic rings. The van der Waals surface area contributed by atoms with Gasteiger partial charge in [0.05, 0.1) is 11.4 Å². The van der Waals surface area contributed by atoms with Gasteiger partial charge in [0.25, 0.3) is 0 Å². The van der Waals surface area contributed by atoms with Crippen LogP contribution in [0.1, 0.15) is 5.69 Å². The zero-order valence-corrected chi connectivity index (χ0v) is 9.02. The normalized spacial score (nSPS) is 11.5. The van der Waals surface area contributed by atoms with Gasteiger partial charge in [0.15, 0.2) is 15.0 Å². The lowest BCUT2D eigenvalue weighted by Gasteiger charge is -1.99. The van der Waals surface area contributed by atoms with Crippen molar-refractivity contribution in [3.8, 4) is 0 Å². The van der Waals surface area contributed by atoms with E-state index in [1.807, 2.05) is 6.26 Å². The molecule has 0 spiro atoms. The Morgan fingerprint density at radius 1 is 1.54 bits per heavy atom. The first-order valence-corrected chi connectivity index (χ1v) is 6.83. The SMILES string of the molecule is CSc1nccc(CS(C)(=O)=O)n1. The summed E-state index contributed by atoms with van der Waals surface area (Å²) in [7, 11) is -3.00. The molecule has 1 aromatic heterocycles. The van der Waals surface area contributed by atoms with Crippen molar-refractivity contribution in [2.75, 3.05) is 12.5 Å². The maximum Gasteiger partial charge on any atom is 0.187 e. The fourth-order valence-corrected chi connectivity index (χ4v) is 1.90. The van der Waals surface area contributed by atoms with Gasteiger partial charge in [-0.25, -0.2) is 18.4 Å². The molecule has 72 valence electrons. The Hall–Kier alpha value is -0.620. The van der Waals surface area contributed by atoms with Gasteiger partial charge in [-0.2, -0.15) is 0 Å². The third-order valence-electron chi connectivity index (χ3n) is 1.28. The van der Waals surface area contributed by atoms with E-state index in [4.69, 9.17) is 0 Å². The molecule has 6 heteroatoms. The molecule has 4 nitrogen and oxygen atoms in total.